The first-order valence-corrected chi connectivity index (χ1v) is 7.14. The fourth-order valence-corrected chi connectivity index (χ4v) is 2.48. The summed E-state index contributed by atoms with van der Waals surface area (Å²) in [4.78, 5) is 25.3. The molecule has 0 spiro atoms. The molecule has 2 rings (SSSR count). The number of hydrogen-bond acceptors (Lipinski definition) is 4. The highest BCUT2D eigenvalue weighted by atomic mass is 16.6. The highest BCUT2D eigenvalue weighted by molar-refractivity contribution is 5.92. The molecule has 1 aromatic carbocycles. The maximum absolute atomic E-state index is 12.4. The average Bonchev–Trinajstić information content (AvgIpc) is 2.43. The van der Waals surface area contributed by atoms with E-state index in [2.05, 4.69) is 0 Å². The van der Waals surface area contributed by atoms with Gasteiger partial charge in [0.15, 0.2) is 0 Å². The summed E-state index contributed by atoms with van der Waals surface area (Å²) >= 11 is 0. The molecule has 120 valence electrons. The zero-order chi connectivity index (χ0) is 16.5. The second-order valence-corrected chi connectivity index (χ2v) is 6.24. The molecule has 0 aliphatic carbocycles. The molecule has 22 heavy (non-hydrogen) atoms. The van der Waals surface area contributed by atoms with Crippen molar-refractivity contribution in [2.24, 2.45) is 0 Å². The SMILES string of the molecule is COc1ccc2c(c1)N(C(=O)OC(C)(C)C)CCC2C(=O)O. The van der Waals surface area contributed by atoms with E-state index < -0.39 is 23.6 Å². The molecule has 0 fully saturated rings. The lowest BCUT2D eigenvalue weighted by Crippen LogP contribution is -2.41. The molecule has 1 unspecified atom stereocenters. The second kappa shape index (κ2) is 5.87. The molecular weight excluding hydrogens is 286 g/mol. The summed E-state index contributed by atoms with van der Waals surface area (Å²) in [6.07, 6.45) is -0.126. The van der Waals surface area contributed by atoms with E-state index in [1.165, 1.54) is 12.0 Å². The van der Waals surface area contributed by atoms with E-state index in [0.717, 1.165) is 0 Å². The number of rotatable bonds is 2. The number of methoxy groups -OCH3 is 1. The number of amides is 1. The predicted octanol–water partition coefficient (Wildman–Crippen LogP) is 3.01. The number of carboxylic acids is 1. The molecule has 1 aliphatic heterocycles. The number of carbonyl (C=O) groups excluding carboxylic acids is 1. The monoisotopic (exact) mass is 307 g/mol. The highest BCUT2D eigenvalue weighted by Crippen LogP contribution is 2.38. The predicted molar refractivity (Wildman–Crippen MR) is 81.6 cm³/mol. The lowest BCUT2D eigenvalue weighted by atomic mass is 9.90. The molecule has 0 saturated carbocycles. The molecule has 0 bridgehead atoms. The van der Waals surface area contributed by atoms with Gasteiger partial charge in [-0.25, -0.2) is 4.79 Å². The largest absolute Gasteiger partial charge is 0.497 e. The lowest BCUT2D eigenvalue weighted by molar-refractivity contribution is -0.139. The van der Waals surface area contributed by atoms with Gasteiger partial charge in [-0.3, -0.25) is 9.69 Å². The van der Waals surface area contributed by atoms with Crippen LogP contribution >= 0.6 is 0 Å². The second-order valence-electron chi connectivity index (χ2n) is 6.24. The maximum atomic E-state index is 12.4. The molecule has 1 amide bonds. The van der Waals surface area contributed by atoms with E-state index in [9.17, 15) is 14.7 Å². The third kappa shape index (κ3) is 3.32. The van der Waals surface area contributed by atoms with Crippen LogP contribution in [0.15, 0.2) is 18.2 Å². The molecule has 1 aliphatic rings. The van der Waals surface area contributed by atoms with Crippen LogP contribution in [-0.2, 0) is 9.53 Å². The van der Waals surface area contributed by atoms with Gasteiger partial charge in [-0.15, -0.1) is 0 Å². The number of ether oxygens (including phenoxy) is 2. The minimum Gasteiger partial charge on any atom is -0.497 e. The van der Waals surface area contributed by atoms with Crippen LogP contribution in [0.3, 0.4) is 0 Å². The number of nitrogens with zero attached hydrogens (tertiary/aromatic N) is 1. The first-order valence-electron chi connectivity index (χ1n) is 7.14. The molecular formula is C16H21NO5. The summed E-state index contributed by atoms with van der Waals surface area (Å²) in [5.74, 6) is -0.951. The number of hydrogen-bond donors (Lipinski definition) is 1. The van der Waals surface area contributed by atoms with Gasteiger partial charge in [0.25, 0.3) is 0 Å². The van der Waals surface area contributed by atoms with Crippen LogP contribution in [-0.4, -0.2) is 36.4 Å². The minimum atomic E-state index is -0.893. The van der Waals surface area contributed by atoms with Crippen LogP contribution in [0.4, 0.5) is 10.5 Å². The van der Waals surface area contributed by atoms with Crippen molar-refractivity contribution in [3.05, 3.63) is 23.8 Å². The lowest BCUT2D eigenvalue weighted by Gasteiger charge is -2.34. The Hall–Kier alpha value is -2.24. The van der Waals surface area contributed by atoms with Gasteiger partial charge in [0.1, 0.15) is 11.4 Å². The van der Waals surface area contributed by atoms with Gasteiger partial charge in [0.2, 0.25) is 0 Å². The number of carboxylic acid groups (broad SMARTS) is 1. The van der Waals surface area contributed by atoms with E-state index in [-0.39, 0.29) is 0 Å². The Morgan fingerprint density at radius 2 is 2.00 bits per heavy atom. The van der Waals surface area contributed by atoms with Crippen molar-refractivity contribution >= 4 is 17.7 Å². The van der Waals surface area contributed by atoms with Gasteiger partial charge in [-0.2, -0.15) is 0 Å². The summed E-state index contributed by atoms with van der Waals surface area (Å²) in [5, 5.41) is 9.36. The normalized spacial score (nSPS) is 17.6. The third-order valence-corrected chi connectivity index (χ3v) is 3.46. The van der Waals surface area contributed by atoms with E-state index in [4.69, 9.17) is 9.47 Å². The Balaban J connectivity index is 2.41. The summed E-state index contributed by atoms with van der Waals surface area (Å²) < 4.78 is 10.6. The van der Waals surface area contributed by atoms with Gasteiger partial charge in [-0.05, 0) is 38.8 Å². The molecule has 1 heterocycles. The topological polar surface area (TPSA) is 76.1 Å². The van der Waals surface area contributed by atoms with E-state index in [1.54, 1.807) is 39.0 Å². The Kier molecular flexibility index (Phi) is 4.30. The number of anilines is 1. The zero-order valence-corrected chi connectivity index (χ0v) is 13.3. The van der Waals surface area contributed by atoms with Crippen LogP contribution in [0, 0.1) is 0 Å². The summed E-state index contributed by atoms with van der Waals surface area (Å²) in [6.45, 7) is 5.68. The molecule has 6 nitrogen and oxygen atoms in total. The fourth-order valence-electron chi connectivity index (χ4n) is 2.48. The van der Waals surface area contributed by atoms with Gasteiger partial charge >= 0.3 is 12.1 Å². The fraction of sp³-hybridized carbons (Fsp3) is 0.500. The van der Waals surface area contributed by atoms with Crippen LogP contribution < -0.4 is 9.64 Å². The Bertz CT molecular complexity index is 591. The molecule has 6 heteroatoms. The maximum Gasteiger partial charge on any atom is 0.414 e. The van der Waals surface area contributed by atoms with Crippen molar-refractivity contribution in [3.63, 3.8) is 0 Å². The Morgan fingerprint density at radius 1 is 1.32 bits per heavy atom. The minimum absolute atomic E-state index is 0.298. The van der Waals surface area contributed by atoms with Crippen molar-refractivity contribution in [1.29, 1.82) is 0 Å². The summed E-state index contributed by atoms with van der Waals surface area (Å²) in [6, 6.07) is 5.07. The van der Waals surface area contributed by atoms with Crippen LogP contribution in [0.5, 0.6) is 5.75 Å². The first-order chi connectivity index (χ1) is 10.2. The average molecular weight is 307 g/mol. The van der Waals surface area contributed by atoms with Crippen LogP contribution in [0.2, 0.25) is 0 Å². The van der Waals surface area contributed by atoms with Crippen molar-refractivity contribution in [3.8, 4) is 5.75 Å². The van der Waals surface area contributed by atoms with E-state index in [1.807, 2.05) is 0 Å². The van der Waals surface area contributed by atoms with Gasteiger partial charge in [-0.1, -0.05) is 6.07 Å². The molecule has 0 saturated heterocycles. The smallest absolute Gasteiger partial charge is 0.414 e. The number of benzene rings is 1. The van der Waals surface area contributed by atoms with Crippen LogP contribution in [0.1, 0.15) is 38.7 Å². The first kappa shape index (κ1) is 16.1. The van der Waals surface area contributed by atoms with Gasteiger partial charge in [0.05, 0.1) is 18.7 Å². The van der Waals surface area contributed by atoms with E-state index in [0.29, 0.717) is 30.0 Å². The molecule has 0 radical (unpaired) electrons. The summed E-state index contributed by atoms with van der Waals surface area (Å²) in [5.41, 5.74) is 0.525. The molecule has 1 N–H and O–H groups in total. The molecule has 1 aromatic rings. The van der Waals surface area contributed by atoms with Gasteiger partial charge < -0.3 is 14.6 Å². The highest BCUT2D eigenvalue weighted by Gasteiger charge is 2.34. The van der Waals surface area contributed by atoms with Crippen molar-refractivity contribution in [1.82, 2.24) is 0 Å². The van der Waals surface area contributed by atoms with Crippen molar-refractivity contribution in [2.45, 2.75) is 38.7 Å². The number of fused-ring (bicyclic) bond motifs is 1. The van der Waals surface area contributed by atoms with Crippen molar-refractivity contribution in [2.75, 3.05) is 18.6 Å². The standard InChI is InChI=1S/C16H21NO5/c1-16(2,3)22-15(20)17-8-7-12(14(18)19)11-6-5-10(21-4)9-13(11)17/h5-6,9,12H,7-8H2,1-4H3,(H,18,19). The number of carbonyl (C=O) groups is 2. The number of aliphatic carboxylic acids is 1. The Labute approximate surface area is 129 Å². The summed E-state index contributed by atoms with van der Waals surface area (Å²) in [7, 11) is 1.52. The zero-order valence-electron chi connectivity index (χ0n) is 13.3. The quantitative estimate of drug-likeness (QED) is 0.909. The van der Waals surface area contributed by atoms with Crippen LogP contribution in [0.25, 0.3) is 0 Å². The van der Waals surface area contributed by atoms with Gasteiger partial charge in [0, 0.05) is 12.6 Å². The Morgan fingerprint density at radius 3 is 2.55 bits per heavy atom. The third-order valence-electron chi connectivity index (χ3n) is 3.46. The molecule has 1 atom stereocenters. The van der Waals surface area contributed by atoms with Crippen molar-refractivity contribution < 1.29 is 24.2 Å². The molecule has 0 aromatic heterocycles. The van der Waals surface area contributed by atoms with E-state index >= 15 is 0 Å².